The van der Waals surface area contributed by atoms with Crippen LogP contribution in [-0.2, 0) is 16.1 Å². The number of carbonyl (C=O) groups excluding carboxylic acids is 2. The van der Waals surface area contributed by atoms with E-state index in [0.29, 0.717) is 29.4 Å². The highest BCUT2D eigenvalue weighted by Gasteiger charge is 2.32. The number of anilines is 2. The van der Waals surface area contributed by atoms with E-state index in [9.17, 15) is 9.59 Å². The Balaban J connectivity index is 1.16. The first kappa shape index (κ1) is 26.0. The molecule has 3 heterocycles. The van der Waals surface area contributed by atoms with Gasteiger partial charge in [-0.05, 0) is 56.0 Å². The van der Waals surface area contributed by atoms with Gasteiger partial charge in [0.05, 0.1) is 5.02 Å². The van der Waals surface area contributed by atoms with E-state index >= 15 is 0 Å². The van der Waals surface area contributed by atoms with Gasteiger partial charge < -0.3 is 19.9 Å². The highest BCUT2D eigenvalue weighted by molar-refractivity contribution is 6.32. The van der Waals surface area contributed by atoms with Crippen LogP contribution >= 0.6 is 11.6 Å². The molecule has 0 unspecified atom stereocenters. The molecule has 2 amide bonds. The van der Waals surface area contributed by atoms with Crippen molar-refractivity contribution in [1.82, 2.24) is 19.7 Å². The van der Waals surface area contributed by atoms with Crippen molar-refractivity contribution in [1.29, 1.82) is 0 Å². The average molecular weight is 537 g/mol. The predicted octanol–water partition coefficient (Wildman–Crippen LogP) is 4.31. The van der Waals surface area contributed by atoms with Crippen molar-refractivity contribution in [2.45, 2.75) is 57.7 Å². The molecule has 0 saturated carbocycles. The van der Waals surface area contributed by atoms with Crippen molar-refractivity contribution in [3.63, 3.8) is 0 Å². The van der Waals surface area contributed by atoms with Crippen LogP contribution in [0.1, 0.15) is 37.7 Å². The van der Waals surface area contributed by atoms with Gasteiger partial charge in [-0.25, -0.2) is 9.67 Å². The molecule has 38 heavy (non-hydrogen) atoms. The van der Waals surface area contributed by atoms with E-state index in [1.54, 1.807) is 23.1 Å². The quantitative estimate of drug-likeness (QED) is 0.484. The Kier molecular flexibility index (Phi) is 8.12. The zero-order chi connectivity index (χ0) is 26.5. The maximum absolute atomic E-state index is 13.2. The molecular weight excluding hydrogens is 504 g/mol. The van der Waals surface area contributed by atoms with Gasteiger partial charge in [0, 0.05) is 43.9 Å². The first-order valence-electron chi connectivity index (χ1n) is 13.2. The number of para-hydroxylation sites is 1. The molecule has 2 fully saturated rings. The maximum atomic E-state index is 13.2. The number of nitrogens with one attached hydrogen (secondary N) is 1. The van der Waals surface area contributed by atoms with Crippen molar-refractivity contribution in [3.05, 3.63) is 65.7 Å². The van der Waals surface area contributed by atoms with Crippen LogP contribution in [0.15, 0.2) is 55.1 Å². The summed E-state index contributed by atoms with van der Waals surface area (Å²) in [6.45, 7) is 4.59. The number of halogens is 1. The molecule has 2 aliphatic heterocycles. The summed E-state index contributed by atoms with van der Waals surface area (Å²) in [5.41, 5.74) is 3.14. The number of piperidine rings is 2. The monoisotopic (exact) mass is 536 g/mol. The molecule has 1 N–H and O–H groups in total. The van der Waals surface area contributed by atoms with Crippen LogP contribution in [0, 0.1) is 6.92 Å². The fourth-order valence-electron chi connectivity index (χ4n) is 5.26. The molecule has 200 valence electrons. The number of likely N-dealkylation sites (tertiary alicyclic amines) is 1. The molecule has 0 spiro atoms. The van der Waals surface area contributed by atoms with Gasteiger partial charge >= 0.3 is 0 Å². The number of aromatic nitrogens is 3. The second-order valence-electron chi connectivity index (χ2n) is 9.92. The van der Waals surface area contributed by atoms with Gasteiger partial charge in [-0.3, -0.25) is 9.59 Å². The fraction of sp³-hybridized carbons (Fsp3) is 0.429. The average Bonchev–Trinajstić information content (AvgIpc) is 3.44. The second kappa shape index (κ2) is 11.9. The molecule has 1 aromatic heterocycles. The summed E-state index contributed by atoms with van der Waals surface area (Å²) in [7, 11) is 0. The van der Waals surface area contributed by atoms with E-state index in [4.69, 9.17) is 16.3 Å². The Morgan fingerprint density at radius 2 is 1.89 bits per heavy atom. The number of rotatable bonds is 7. The number of hydrogen-bond acceptors (Lipinski definition) is 6. The third-order valence-electron chi connectivity index (χ3n) is 7.28. The van der Waals surface area contributed by atoms with Gasteiger partial charge in [-0.15, -0.1) is 0 Å². The van der Waals surface area contributed by atoms with Crippen LogP contribution < -0.4 is 15.0 Å². The smallest absolute Gasteiger partial charge is 0.247 e. The van der Waals surface area contributed by atoms with Gasteiger partial charge in [0.25, 0.3) is 0 Å². The summed E-state index contributed by atoms with van der Waals surface area (Å²) in [4.78, 5) is 33.9. The van der Waals surface area contributed by atoms with Crippen LogP contribution in [0.25, 0.3) is 0 Å². The fourth-order valence-corrected chi connectivity index (χ4v) is 5.48. The lowest BCUT2D eigenvalue weighted by Gasteiger charge is -2.35. The summed E-state index contributed by atoms with van der Waals surface area (Å²) >= 11 is 6.55. The highest BCUT2D eigenvalue weighted by Crippen LogP contribution is 2.32. The zero-order valence-corrected chi connectivity index (χ0v) is 22.3. The number of hydrogen-bond donors (Lipinski definition) is 1. The van der Waals surface area contributed by atoms with E-state index in [1.807, 2.05) is 0 Å². The summed E-state index contributed by atoms with van der Waals surface area (Å²) in [6, 6.07) is 13.2. The summed E-state index contributed by atoms with van der Waals surface area (Å²) in [5.74, 6) is 0.247. The molecule has 9 nitrogen and oxygen atoms in total. The number of nitrogens with zero attached hydrogens (tertiary/aromatic N) is 5. The summed E-state index contributed by atoms with van der Waals surface area (Å²) in [6.07, 6.45) is 7.16. The first-order chi connectivity index (χ1) is 18.5. The van der Waals surface area contributed by atoms with Crippen molar-refractivity contribution < 1.29 is 14.3 Å². The minimum absolute atomic E-state index is 0.0610. The molecule has 0 radical (unpaired) electrons. The standard InChI is InChI=1S/C28H33ClN6O3/c1-20-6-2-3-7-24(20)33-14-11-22(12-15-33)38-26-10-9-21(16-23(26)29)32-28(37)25-8-4-5-13-35(25)27(36)17-34-19-30-18-31-34/h2-3,6-7,9-10,16,18-19,22,25H,4-5,8,11-15,17H2,1H3,(H,32,37)/t25-/m1/s1. The highest BCUT2D eigenvalue weighted by atomic mass is 35.5. The van der Waals surface area contributed by atoms with Gasteiger partial charge in [0.2, 0.25) is 11.8 Å². The molecular formula is C28H33ClN6O3. The molecule has 1 atom stereocenters. The minimum Gasteiger partial charge on any atom is -0.489 e. The second-order valence-corrected chi connectivity index (χ2v) is 10.3. The third kappa shape index (κ3) is 6.10. The predicted molar refractivity (Wildman–Crippen MR) is 146 cm³/mol. The zero-order valence-electron chi connectivity index (χ0n) is 21.6. The molecule has 0 bridgehead atoms. The Labute approximate surface area is 227 Å². The van der Waals surface area contributed by atoms with Crippen molar-refractivity contribution in [2.75, 3.05) is 29.9 Å². The number of ether oxygens (including phenoxy) is 1. The topological polar surface area (TPSA) is 92.6 Å². The van der Waals surface area contributed by atoms with Crippen LogP contribution in [-0.4, -0.2) is 63.3 Å². The van der Waals surface area contributed by atoms with Gasteiger partial charge in [0.1, 0.15) is 37.1 Å². The van der Waals surface area contributed by atoms with Crippen LogP contribution in [0.2, 0.25) is 5.02 Å². The van der Waals surface area contributed by atoms with E-state index < -0.39 is 6.04 Å². The van der Waals surface area contributed by atoms with Crippen molar-refractivity contribution in [2.24, 2.45) is 0 Å². The van der Waals surface area contributed by atoms with Crippen LogP contribution in [0.4, 0.5) is 11.4 Å². The Morgan fingerprint density at radius 1 is 1.08 bits per heavy atom. The molecule has 2 aromatic carbocycles. The van der Waals surface area contributed by atoms with Crippen molar-refractivity contribution in [3.8, 4) is 5.75 Å². The largest absolute Gasteiger partial charge is 0.489 e. The number of benzene rings is 2. The van der Waals surface area contributed by atoms with Gasteiger partial charge in [-0.1, -0.05) is 29.8 Å². The maximum Gasteiger partial charge on any atom is 0.247 e. The molecule has 0 aliphatic carbocycles. The molecule has 10 heteroatoms. The van der Waals surface area contributed by atoms with E-state index in [1.165, 1.54) is 28.6 Å². The molecule has 3 aromatic rings. The Hall–Kier alpha value is -3.59. The van der Waals surface area contributed by atoms with E-state index in [0.717, 1.165) is 38.8 Å². The Morgan fingerprint density at radius 3 is 2.63 bits per heavy atom. The molecule has 2 saturated heterocycles. The lowest BCUT2D eigenvalue weighted by Crippen LogP contribution is -2.51. The SMILES string of the molecule is Cc1ccccc1N1CCC(Oc2ccc(NC(=O)[C@H]3CCCCN3C(=O)Cn3cncn3)cc2Cl)CC1. The molecule has 5 rings (SSSR count). The lowest BCUT2D eigenvalue weighted by molar-refractivity contribution is -0.141. The summed E-state index contributed by atoms with van der Waals surface area (Å²) < 4.78 is 7.71. The Bertz CT molecular complexity index is 1260. The van der Waals surface area contributed by atoms with Crippen LogP contribution in [0.3, 0.4) is 0 Å². The lowest BCUT2D eigenvalue weighted by atomic mass is 10.0. The number of amides is 2. The first-order valence-corrected chi connectivity index (χ1v) is 13.6. The van der Waals surface area contributed by atoms with Gasteiger partial charge in [0.15, 0.2) is 0 Å². The van der Waals surface area contributed by atoms with E-state index in [2.05, 4.69) is 51.5 Å². The van der Waals surface area contributed by atoms with Crippen molar-refractivity contribution >= 4 is 34.8 Å². The number of aryl methyl sites for hydroxylation is 1. The van der Waals surface area contributed by atoms with Crippen LogP contribution in [0.5, 0.6) is 5.75 Å². The summed E-state index contributed by atoms with van der Waals surface area (Å²) in [5, 5.41) is 7.39. The van der Waals surface area contributed by atoms with E-state index in [-0.39, 0.29) is 24.5 Å². The van der Waals surface area contributed by atoms with Gasteiger partial charge in [-0.2, -0.15) is 5.10 Å². The normalized spacial score (nSPS) is 18.3. The molecule has 2 aliphatic rings. The minimum atomic E-state index is -0.534. The number of carbonyl (C=O) groups is 2. The third-order valence-corrected chi connectivity index (χ3v) is 7.58.